The molecule has 0 bridgehead atoms. The molecule has 0 saturated carbocycles. The molecule has 1 atom stereocenters. The molecule has 0 aliphatic heterocycles. The van der Waals surface area contributed by atoms with E-state index < -0.39 is 0 Å². The second kappa shape index (κ2) is 6.90. The van der Waals surface area contributed by atoms with Crippen molar-refractivity contribution >= 4 is 0 Å². The van der Waals surface area contributed by atoms with Crippen LogP contribution in [0.25, 0.3) is 0 Å². The fourth-order valence-electron chi connectivity index (χ4n) is 2.01. The number of rotatable bonds is 6. The van der Waals surface area contributed by atoms with E-state index in [0.717, 1.165) is 24.2 Å². The average molecular weight is 256 g/mol. The molecule has 3 heteroatoms. The summed E-state index contributed by atoms with van der Waals surface area (Å²) in [5, 5.41) is 0. The summed E-state index contributed by atoms with van der Waals surface area (Å²) in [6, 6.07) is 12.1. The van der Waals surface area contributed by atoms with Crippen LogP contribution in [0.15, 0.2) is 48.8 Å². The molecule has 2 rings (SSSR count). The van der Waals surface area contributed by atoms with Crippen LogP contribution < -0.4 is 10.5 Å². The van der Waals surface area contributed by atoms with E-state index in [0.29, 0.717) is 6.61 Å². The van der Waals surface area contributed by atoms with Crippen molar-refractivity contribution in [1.29, 1.82) is 0 Å². The number of aromatic nitrogens is 1. The third-order valence-electron chi connectivity index (χ3n) is 3.09. The van der Waals surface area contributed by atoms with Crippen molar-refractivity contribution < 1.29 is 4.74 Å². The first-order chi connectivity index (χ1) is 9.29. The van der Waals surface area contributed by atoms with E-state index in [9.17, 15) is 0 Å². The minimum Gasteiger partial charge on any atom is -0.494 e. The van der Waals surface area contributed by atoms with Crippen molar-refractivity contribution in [2.45, 2.75) is 25.8 Å². The number of nitrogens with two attached hydrogens (primary N) is 1. The quantitative estimate of drug-likeness (QED) is 0.864. The molecule has 1 aromatic carbocycles. The highest BCUT2D eigenvalue weighted by Crippen LogP contribution is 2.20. The van der Waals surface area contributed by atoms with Crippen molar-refractivity contribution in [2.24, 2.45) is 5.73 Å². The Morgan fingerprint density at radius 3 is 2.63 bits per heavy atom. The van der Waals surface area contributed by atoms with Gasteiger partial charge in [0.25, 0.3) is 0 Å². The molecule has 100 valence electrons. The number of hydrogen-bond acceptors (Lipinski definition) is 3. The van der Waals surface area contributed by atoms with Gasteiger partial charge in [0, 0.05) is 18.4 Å². The molecule has 0 fully saturated rings. The van der Waals surface area contributed by atoms with E-state index in [1.54, 1.807) is 6.20 Å². The Kier molecular flexibility index (Phi) is 4.93. The number of nitrogens with zero attached hydrogens (tertiary/aromatic N) is 1. The molecular formula is C16H20N2O. The lowest BCUT2D eigenvalue weighted by Gasteiger charge is -2.12. The van der Waals surface area contributed by atoms with Crippen LogP contribution in [0.4, 0.5) is 0 Å². The van der Waals surface area contributed by atoms with Crippen LogP contribution in [-0.4, -0.2) is 11.6 Å². The highest BCUT2D eigenvalue weighted by Gasteiger charge is 2.06. The minimum atomic E-state index is 0.0517. The second-order valence-corrected chi connectivity index (χ2v) is 4.51. The zero-order valence-electron chi connectivity index (χ0n) is 11.3. The topological polar surface area (TPSA) is 48.1 Å². The third kappa shape index (κ3) is 4.07. The van der Waals surface area contributed by atoms with Gasteiger partial charge >= 0.3 is 0 Å². The first-order valence-electron chi connectivity index (χ1n) is 6.67. The predicted octanol–water partition coefficient (Wildman–Crippen LogP) is 3.11. The van der Waals surface area contributed by atoms with Gasteiger partial charge in [0.1, 0.15) is 5.75 Å². The van der Waals surface area contributed by atoms with E-state index in [1.165, 1.54) is 5.56 Å². The summed E-state index contributed by atoms with van der Waals surface area (Å²) < 4.78 is 5.42. The molecule has 0 aliphatic carbocycles. The van der Waals surface area contributed by atoms with Crippen LogP contribution in [-0.2, 0) is 6.42 Å². The van der Waals surface area contributed by atoms with Crippen LogP contribution >= 0.6 is 0 Å². The normalized spacial score (nSPS) is 12.1. The standard InChI is InChI=1S/C16H20N2O/c1-2-19-15-8-6-14(7-9-15)16(17)10-5-13-4-3-11-18-12-13/h3-4,6-9,11-12,16H,2,5,10,17H2,1H3. The van der Waals surface area contributed by atoms with Gasteiger partial charge in [0.15, 0.2) is 0 Å². The zero-order chi connectivity index (χ0) is 13.5. The van der Waals surface area contributed by atoms with Gasteiger partial charge in [-0.3, -0.25) is 4.98 Å². The molecular weight excluding hydrogens is 236 g/mol. The van der Waals surface area contributed by atoms with Crippen molar-refractivity contribution in [3.63, 3.8) is 0 Å². The first-order valence-corrected chi connectivity index (χ1v) is 6.67. The predicted molar refractivity (Wildman–Crippen MR) is 77.1 cm³/mol. The van der Waals surface area contributed by atoms with Gasteiger partial charge in [-0.2, -0.15) is 0 Å². The van der Waals surface area contributed by atoms with Gasteiger partial charge in [-0.1, -0.05) is 18.2 Å². The zero-order valence-corrected chi connectivity index (χ0v) is 11.3. The lowest BCUT2D eigenvalue weighted by atomic mass is 10.0. The van der Waals surface area contributed by atoms with Crippen molar-refractivity contribution in [3.05, 3.63) is 59.9 Å². The maximum absolute atomic E-state index is 6.21. The third-order valence-corrected chi connectivity index (χ3v) is 3.09. The maximum Gasteiger partial charge on any atom is 0.119 e. The molecule has 0 amide bonds. The Balaban J connectivity index is 1.90. The Morgan fingerprint density at radius 2 is 2.00 bits per heavy atom. The van der Waals surface area contributed by atoms with Crippen molar-refractivity contribution in [3.8, 4) is 5.75 Å². The van der Waals surface area contributed by atoms with Crippen LogP contribution in [0, 0.1) is 0 Å². The SMILES string of the molecule is CCOc1ccc(C(N)CCc2cccnc2)cc1. The summed E-state index contributed by atoms with van der Waals surface area (Å²) in [5.41, 5.74) is 8.58. The highest BCUT2D eigenvalue weighted by atomic mass is 16.5. The summed E-state index contributed by atoms with van der Waals surface area (Å²) in [4.78, 5) is 4.11. The number of benzene rings is 1. The minimum absolute atomic E-state index is 0.0517. The summed E-state index contributed by atoms with van der Waals surface area (Å²) in [7, 11) is 0. The molecule has 0 aliphatic rings. The molecule has 2 aromatic rings. The Labute approximate surface area is 114 Å². The largest absolute Gasteiger partial charge is 0.494 e. The maximum atomic E-state index is 6.21. The van der Waals surface area contributed by atoms with Gasteiger partial charge in [-0.05, 0) is 49.1 Å². The molecule has 0 spiro atoms. The monoisotopic (exact) mass is 256 g/mol. The Morgan fingerprint density at radius 1 is 1.21 bits per heavy atom. The average Bonchev–Trinajstić information content (AvgIpc) is 2.47. The van der Waals surface area contributed by atoms with Crippen LogP contribution in [0.2, 0.25) is 0 Å². The van der Waals surface area contributed by atoms with Crippen molar-refractivity contribution in [1.82, 2.24) is 4.98 Å². The first kappa shape index (κ1) is 13.6. The fraction of sp³-hybridized carbons (Fsp3) is 0.312. The van der Waals surface area contributed by atoms with E-state index in [2.05, 4.69) is 11.1 Å². The lowest BCUT2D eigenvalue weighted by molar-refractivity contribution is 0.340. The fourth-order valence-corrected chi connectivity index (χ4v) is 2.01. The van der Waals surface area contributed by atoms with E-state index in [1.807, 2.05) is 43.5 Å². The number of pyridine rings is 1. The van der Waals surface area contributed by atoms with Gasteiger partial charge in [-0.25, -0.2) is 0 Å². The summed E-state index contributed by atoms with van der Waals surface area (Å²) in [5.74, 6) is 0.894. The molecule has 0 radical (unpaired) electrons. The second-order valence-electron chi connectivity index (χ2n) is 4.51. The van der Waals surface area contributed by atoms with Gasteiger partial charge in [-0.15, -0.1) is 0 Å². The molecule has 1 heterocycles. The number of hydrogen-bond donors (Lipinski definition) is 1. The molecule has 2 N–H and O–H groups in total. The number of ether oxygens (including phenoxy) is 1. The van der Waals surface area contributed by atoms with Gasteiger partial charge in [0.05, 0.1) is 6.61 Å². The molecule has 0 saturated heterocycles. The van der Waals surface area contributed by atoms with E-state index >= 15 is 0 Å². The van der Waals surface area contributed by atoms with Crippen molar-refractivity contribution in [2.75, 3.05) is 6.61 Å². The van der Waals surface area contributed by atoms with E-state index in [4.69, 9.17) is 10.5 Å². The summed E-state index contributed by atoms with van der Waals surface area (Å²) in [6.07, 6.45) is 5.54. The Hall–Kier alpha value is -1.87. The van der Waals surface area contributed by atoms with E-state index in [-0.39, 0.29) is 6.04 Å². The lowest BCUT2D eigenvalue weighted by Crippen LogP contribution is -2.11. The summed E-state index contributed by atoms with van der Waals surface area (Å²) in [6.45, 7) is 2.67. The molecule has 3 nitrogen and oxygen atoms in total. The van der Waals surface area contributed by atoms with Crippen LogP contribution in [0.1, 0.15) is 30.5 Å². The smallest absolute Gasteiger partial charge is 0.119 e. The van der Waals surface area contributed by atoms with Crippen LogP contribution in [0.5, 0.6) is 5.75 Å². The Bertz CT molecular complexity index is 482. The van der Waals surface area contributed by atoms with Gasteiger partial charge in [0.2, 0.25) is 0 Å². The highest BCUT2D eigenvalue weighted by molar-refractivity contribution is 5.29. The molecule has 19 heavy (non-hydrogen) atoms. The number of aryl methyl sites for hydroxylation is 1. The van der Waals surface area contributed by atoms with Crippen LogP contribution in [0.3, 0.4) is 0 Å². The molecule has 1 aromatic heterocycles. The molecule has 1 unspecified atom stereocenters. The summed E-state index contributed by atoms with van der Waals surface area (Å²) >= 11 is 0. The van der Waals surface area contributed by atoms with Gasteiger partial charge < -0.3 is 10.5 Å².